The average molecular weight is 297 g/mol. The molecule has 2 rings (SSSR count). The van der Waals surface area contributed by atoms with Gasteiger partial charge in [0.1, 0.15) is 0 Å². The zero-order chi connectivity index (χ0) is 16.9. The number of nitrogens with zero attached hydrogens (tertiary/aromatic N) is 1. The Morgan fingerprint density at radius 2 is 1.23 bits per heavy atom. The lowest BCUT2D eigenvalue weighted by atomic mass is 9.76. The van der Waals surface area contributed by atoms with Crippen LogP contribution in [0.2, 0.25) is 0 Å². The van der Waals surface area contributed by atoms with Crippen LogP contribution < -0.4 is 0 Å². The van der Waals surface area contributed by atoms with E-state index in [1.54, 1.807) is 0 Å². The maximum absolute atomic E-state index is 5.09. The fourth-order valence-corrected chi connectivity index (χ4v) is 2.99. The van der Waals surface area contributed by atoms with Gasteiger partial charge >= 0.3 is 0 Å². The molecule has 1 aromatic carbocycles. The topological polar surface area (TPSA) is 12.9 Å². The molecule has 0 aliphatic carbocycles. The molecule has 1 heterocycles. The Labute approximate surface area is 136 Å². The fourth-order valence-electron chi connectivity index (χ4n) is 2.99. The molecule has 0 spiro atoms. The van der Waals surface area contributed by atoms with Crippen molar-refractivity contribution in [1.29, 1.82) is 0 Å². The molecule has 0 amide bonds. The highest BCUT2D eigenvalue weighted by molar-refractivity contribution is 5.84. The molecule has 1 aromatic heterocycles. The maximum Gasteiger partial charge on any atom is 0.0708 e. The molecule has 1 heteroatoms. The first-order chi connectivity index (χ1) is 9.82. The van der Waals surface area contributed by atoms with E-state index in [0.29, 0.717) is 0 Å². The second-order valence-corrected chi connectivity index (χ2v) is 9.51. The predicted molar refractivity (Wildman–Crippen MR) is 97.8 cm³/mol. The minimum Gasteiger partial charge on any atom is -0.252 e. The summed E-state index contributed by atoms with van der Waals surface area (Å²) < 4.78 is 0. The Bertz CT molecular complexity index is 689. The van der Waals surface area contributed by atoms with Crippen LogP contribution in [0.1, 0.15) is 79.1 Å². The van der Waals surface area contributed by atoms with Crippen LogP contribution in [0.15, 0.2) is 24.3 Å². The Kier molecular flexibility index (Phi) is 3.92. The van der Waals surface area contributed by atoms with E-state index in [-0.39, 0.29) is 16.2 Å². The van der Waals surface area contributed by atoms with E-state index >= 15 is 0 Å². The Morgan fingerprint density at radius 3 is 1.68 bits per heavy atom. The molecule has 22 heavy (non-hydrogen) atoms. The molecule has 0 unspecified atom stereocenters. The molecule has 0 atom stereocenters. The number of hydrogen-bond donors (Lipinski definition) is 0. The largest absolute Gasteiger partial charge is 0.252 e. The van der Waals surface area contributed by atoms with Crippen LogP contribution in [-0.2, 0) is 16.2 Å². The molecule has 0 fully saturated rings. The minimum atomic E-state index is 0.0501. The SMILES string of the molecule is CC(C)(C)c1cc2c(C(C)(C)C)cccc2nc1C(C)(C)C. The highest BCUT2D eigenvalue weighted by Crippen LogP contribution is 2.37. The van der Waals surface area contributed by atoms with E-state index in [0.717, 1.165) is 5.52 Å². The summed E-state index contributed by atoms with van der Waals surface area (Å²) in [5, 5.41) is 1.30. The number of rotatable bonds is 0. The number of aromatic nitrogens is 1. The first kappa shape index (κ1) is 17.0. The van der Waals surface area contributed by atoms with Crippen LogP contribution in [0.3, 0.4) is 0 Å². The Morgan fingerprint density at radius 1 is 0.682 bits per heavy atom. The number of fused-ring (bicyclic) bond motifs is 1. The van der Waals surface area contributed by atoms with Crippen molar-refractivity contribution in [2.75, 3.05) is 0 Å². The van der Waals surface area contributed by atoms with E-state index in [1.165, 1.54) is 22.2 Å². The molecule has 0 bridgehead atoms. The van der Waals surface area contributed by atoms with Crippen molar-refractivity contribution < 1.29 is 0 Å². The number of hydrogen-bond acceptors (Lipinski definition) is 1. The first-order valence-electron chi connectivity index (χ1n) is 8.27. The van der Waals surface area contributed by atoms with Gasteiger partial charge in [0.25, 0.3) is 0 Å². The molecular weight excluding hydrogens is 266 g/mol. The van der Waals surface area contributed by atoms with Crippen molar-refractivity contribution in [3.05, 3.63) is 41.1 Å². The van der Waals surface area contributed by atoms with Gasteiger partial charge in [0.15, 0.2) is 0 Å². The summed E-state index contributed by atoms with van der Waals surface area (Å²) in [5.41, 5.74) is 5.35. The lowest BCUT2D eigenvalue weighted by molar-refractivity contribution is 0.516. The predicted octanol–water partition coefficient (Wildman–Crippen LogP) is 6.13. The van der Waals surface area contributed by atoms with Gasteiger partial charge in [0, 0.05) is 10.8 Å². The summed E-state index contributed by atoms with van der Waals surface area (Å²) in [7, 11) is 0. The third-order valence-corrected chi connectivity index (χ3v) is 4.19. The van der Waals surface area contributed by atoms with Gasteiger partial charge in [0.05, 0.1) is 11.2 Å². The lowest BCUT2D eigenvalue weighted by Gasteiger charge is -2.30. The molecule has 0 aliphatic heterocycles. The van der Waals surface area contributed by atoms with E-state index in [1.807, 2.05) is 0 Å². The summed E-state index contributed by atoms with van der Waals surface area (Å²) in [5.74, 6) is 0. The average Bonchev–Trinajstić information content (AvgIpc) is 2.33. The van der Waals surface area contributed by atoms with E-state index in [2.05, 4.69) is 86.6 Å². The molecule has 2 aromatic rings. The van der Waals surface area contributed by atoms with E-state index in [9.17, 15) is 0 Å². The minimum absolute atomic E-state index is 0.0501. The molecule has 120 valence electrons. The smallest absolute Gasteiger partial charge is 0.0708 e. The standard InChI is InChI=1S/C21H31N/c1-19(2,3)15-11-10-12-17-14(15)13-16(20(4,5)6)18(22-17)21(7,8)9/h10-13H,1-9H3. The highest BCUT2D eigenvalue weighted by Gasteiger charge is 2.28. The molecule has 0 saturated carbocycles. The zero-order valence-electron chi connectivity index (χ0n) is 15.8. The molecule has 0 saturated heterocycles. The molecule has 1 nitrogen and oxygen atoms in total. The third-order valence-electron chi connectivity index (χ3n) is 4.19. The van der Waals surface area contributed by atoms with E-state index < -0.39 is 0 Å². The Hall–Kier alpha value is -1.37. The van der Waals surface area contributed by atoms with Crippen molar-refractivity contribution in [1.82, 2.24) is 4.98 Å². The molecule has 0 N–H and O–H groups in total. The van der Waals surface area contributed by atoms with Crippen LogP contribution in [0.4, 0.5) is 0 Å². The maximum atomic E-state index is 5.09. The number of pyridine rings is 1. The van der Waals surface area contributed by atoms with E-state index in [4.69, 9.17) is 4.98 Å². The van der Waals surface area contributed by atoms with Crippen LogP contribution in [-0.4, -0.2) is 4.98 Å². The summed E-state index contributed by atoms with van der Waals surface area (Å²) in [6.45, 7) is 20.4. The van der Waals surface area contributed by atoms with Gasteiger partial charge in [0.2, 0.25) is 0 Å². The van der Waals surface area contributed by atoms with Gasteiger partial charge < -0.3 is 0 Å². The second-order valence-electron chi connectivity index (χ2n) is 9.51. The van der Waals surface area contributed by atoms with Crippen molar-refractivity contribution >= 4 is 10.9 Å². The summed E-state index contributed by atoms with van der Waals surface area (Å²) in [6, 6.07) is 8.92. The summed E-state index contributed by atoms with van der Waals surface area (Å²) in [6.07, 6.45) is 0. The Balaban J connectivity index is 2.91. The lowest BCUT2D eigenvalue weighted by Crippen LogP contribution is -2.24. The van der Waals surface area contributed by atoms with Crippen LogP contribution in [0.5, 0.6) is 0 Å². The second kappa shape index (κ2) is 5.08. The van der Waals surface area contributed by atoms with Gasteiger partial charge in [-0.2, -0.15) is 0 Å². The molecule has 0 radical (unpaired) electrons. The van der Waals surface area contributed by atoms with Gasteiger partial charge in [-0.05, 0) is 34.1 Å². The van der Waals surface area contributed by atoms with Crippen molar-refractivity contribution in [3.63, 3.8) is 0 Å². The summed E-state index contributed by atoms with van der Waals surface area (Å²) in [4.78, 5) is 5.09. The fraction of sp³-hybridized carbons (Fsp3) is 0.571. The van der Waals surface area contributed by atoms with Crippen LogP contribution in [0.25, 0.3) is 10.9 Å². The first-order valence-corrected chi connectivity index (χ1v) is 8.27. The molecular formula is C21H31N. The van der Waals surface area contributed by atoms with Crippen LogP contribution >= 0.6 is 0 Å². The van der Waals surface area contributed by atoms with Gasteiger partial charge in [-0.3, -0.25) is 4.98 Å². The van der Waals surface area contributed by atoms with Gasteiger partial charge in [-0.1, -0.05) is 74.4 Å². The molecule has 0 aliphatic rings. The van der Waals surface area contributed by atoms with Crippen LogP contribution in [0, 0.1) is 0 Å². The highest BCUT2D eigenvalue weighted by atomic mass is 14.7. The quantitative estimate of drug-likeness (QED) is 0.570. The van der Waals surface area contributed by atoms with Crippen molar-refractivity contribution in [3.8, 4) is 0 Å². The number of benzene rings is 1. The third kappa shape index (κ3) is 3.19. The van der Waals surface area contributed by atoms with Gasteiger partial charge in [-0.25, -0.2) is 0 Å². The zero-order valence-corrected chi connectivity index (χ0v) is 15.8. The monoisotopic (exact) mass is 297 g/mol. The normalized spacial score (nSPS) is 13.7. The van der Waals surface area contributed by atoms with Crippen molar-refractivity contribution in [2.45, 2.75) is 78.6 Å². The van der Waals surface area contributed by atoms with Crippen molar-refractivity contribution in [2.24, 2.45) is 0 Å². The van der Waals surface area contributed by atoms with Gasteiger partial charge in [-0.15, -0.1) is 0 Å². The summed E-state index contributed by atoms with van der Waals surface area (Å²) >= 11 is 0.